The third-order valence-electron chi connectivity index (χ3n) is 3.12. The summed E-state index contributed by atoms with van der Waals surface area (Å²) < 4.78 is 1.66. The fourth-order valence-electron chi connectivity index (χ4n) is 1.95. The Morgan fingerprint density at radius 2 is 2.28 bits per heavy atom. The molecule has 1 N–H and O–H groups in total. The normalized spacial score (nSPS) is 14.8. The average Bonchev–Trinajstić information content (AvgIpc) is 3.04. The zero-order valence-electron chi connectivity index (χ0n) is 10.8. The minimum atomic E-state index is -0.376. The van der Waals surface area contributed by atoms with E-state index in [0.29, 0.717) is 24.0 Å². The van der Waals surface area contributed by atoms with Gasteiger partial charge < -0.3 is 5.32 Å². The van der Waals surface area contributed by atoms with E-state index in [1.165, 1.54) is 12.8 Å². The molecule has 0 radical (unpaired) electrons. The highest BCUT2D eigenvalue weighted by molar-refractivity contribution is 5.39. The van der Waals surface area contributed by atoms with Crippen molar-refractivity contribution in [3.8, 4) is 0 Å². The van der Waals surface area contributed by atoms with Gasteiger partial charge in [-0.1, -0.05) is 6.58 Å². The van der Waals surface area contributed by atoms with Gasteiger partial charge in [0.1, 0.15) is 11.4 Å². The summed E-state index contributed by atoms with van der Waals surface area (Å²) in [5.41, 5.74) is 2.14. The largest absolute Gasteiger partial charge is 0.312 e. The van der Waals surface area contributed by atoms with Crippen molar-refractivity contribution in [2.24, 2.45) is 0 Å². The Morgan fingerprint density at radius 3 is 2.78 bits per heavy atom. The minimum absolute atomic E-state index is 0.109. The first kappa shape index (κ1) is 12.8. The lowest BCUT2D eigenvalue weighted by molar-refractivity contribution is -0.386. The van der Waals surface area contributed by atoms with Crippen LogP contribution >= 0.6 is 0 Å². The molecule has 1 saturated carbocycles. The number of nitrogens with one attached hydrogen (secondary N) is 1. The lowest BCUT2D eigenvalue weighted by Crippen LogP contribution is -2.21. The monoisotopic (exact) mass is 250 g/mol. The van der Waals surface area contributed by atoms with E-state index in [2.05, 4.69) is 17.0 Å². The molecule has 1 aliphatic carbocycles. The fourth-order valence-corrected chi connectivity index (χ4v) is 1.95. The molecule has 98 valence electrons. The fraction of sp³-hybridized carbons (Fsp3) is 0.583. The number of hydrogen-bond acceptors (Lipinski definition) is 4. The van der Waals surface area contributed by atoms with Crippen LogP contribution in [0, 0.1) is 24.0 Å². The second-order valence-electron chi connectivity index (χ2n) is 4.84. The van der Waals surface area contributed by atoms with Gasteiger partial charge in [0.05, 0.1) is 11.5 Å². The van der Waals surface area contributed by atoms with Crippen molar-refractivity contribution in [1.82, 2.24) is 15.1 Å². The third-order valence-corrected chi connectivity index (χ3v) is 3.12. The molecule has 0 bridgehead atoms. The van der Waals surface area contributed by atoms with Gasteiger partial charge in [0, 0.05) is 12.6 Å². The lowest BCUT2D eigenvalue weighted by Gasteiger charge is -2.08. The number of nitro groups is 1. The topological polar surface area (TPSA) is 73.0 Å². The maximum Gasteiger partial charge on any atom is 0.312 e. The minimum Gasteiger partial charge on any atom is -0.310 e. The highest BCUT2D eigenvalue weighted by Gasteiger charge is 2.23. The Hall–Kier alpha value is -1.69. The van der Waals surface area contributed by atoms with E-state index in [1.807, 2.05) is 0 Å². The maximum atomic E-state index is 10.9. The van der Waals surface area contributed by atoms with E-state index in [0.717, 1.165) is 12.1 Å². The van der Waals surface area contributed by atoms with E-state index in [-0.39, 0.29) is 10.6 Å². The van der Waals surface area contributed by atoms with Crippen LogP contribution in [0.1, 0.15) is 24.2 Å². The molecule has 0 saturated heterocycles. The standard InChI is InChI=1S/C12H18N4O2/c1-8(6-13-11-4-5-11)7-15-10(3)12(16(17)18)9(2)14-15/h11,13H,1,4-7H2,2-3H3. The molecule has 1 aliphatic rings. The molecular formula is C12H18N4O2. The van der Waals surface area contributed by atoms with Gasteiger partial charge in [-0.25, -0.2) is 0 Å². The van der Waals surface area contributed by atoms with Gasteiger partial charge in [-0.15, -0.1) is 0 Å². The number of aryl methyl sites for hydroxylation is 1. The Kier molecular flexibility index (Phi) is 3.47. The van der Waals surface area contributed by atoms with E-state index < -0.39 is 0 Å². The van der Waals surface area contributed by atoms with Crippen LogP contribution in [-0.4, -0.2) is 27.3 Å². The Bertz CT molecular complexity index is 489. The molecule has 0 amide bonds. The molecule has 1 fully saturated rings. The third kappa shape index (κ3) is 2.76. The summed E-state index contributed by atoms with van der Waals surface area (Å²) in [5.74, 6) is 0. The first-order valence-corrected chi connectivity index (χ1v) is 6.07. The average molecular weight is 250 g/mol. The molecule has 6 nitrogen and oxygen atoms in total. The van der Waals surface area contributed by atoms with E-state index >= 15 is 0 Å². The predicted molar refractivity (Wildman–Crippen MR) is 68.5 cm³/mol. The summed E-state index contributed by atoms with van der Waals surface area (Å²) in [5, 5.41) is 18.4. The smallest absolute Gasteiger partial charge is 0.310 e. The second kappa shape index (κ2) is 4.89. The van der Waals surface area contributed by atoms with Crippen molar-refractivity contribution in [2.75, 3.05) is 6.54 Å². The van der Waals surface area contributed by atoms with E-state index in [1.54, 1.807) is 18.5 Å². The lowest BCUT2D eigenvalue weighted by atomic mass is 10.3. The van der Waals surface area contributed by atoms with Gasteiger partial charge >= 0.3 is 5.69 Å². The molecule has 0 atom stereocenters. The first-order chi connectivity index (χ1) is 8.49. The van der Waals surface area contributed by atoms with Gasteiger partial charge in [0.25, 0.3) is 0 Å². The number of aromatic nitrogens is 2. The van der Waals surface area contributed by atoms with Crippen LogP contribution in [-0.2, 0) is 6.54 Å². The molecule has 0 aromatic carbocycles. The molecule has 18 heavy (non-hydrogen) atoms. The molecule has 6 heteroatoms. The number of rotatable bonds is 6. The number of hydrogen-bond donors (Lipinski definition) is 1. The molecule has 0 unspecified atom stereocenters. The maximum absolute atomic E-state index is 10.9. The molecule has 1 aromatic rings. The van der Waals surface area contributed by atoms with Crippen molar-refractivity contribution < 1.29 is 4.92 Å². The first-order valence-electron chi connectivity index (χ1n) is 6.07. The summed E-state index contributed by atoms with van der Waals surface area (Å²) >= 11 is 0. The summed E-state index contributed by atoms with van der Waals surface area (Å²) in [6, 6.07) is 0.636. The van der Waals surface area contributed by atoms with Gasteiger partial charge in [0.15, 0.2) is 0 Å². The van der Waals surface area contributed by atoms with Crippen molar-refractivity contribution in [3.05, 3.63) is 33.7 Å². The van der Waals surface area contributed by atoms with Crippen LogP contribution in [0.4, 0.5) is 5.69 Å². The zero-order valence-corrected chi connectivity index (χ0v) is 10.8. The van der Waals surface area contributed by atoms with Crippen LogP contribution in [0.25, 0.3) is 0 Å². The summed E-state index contributed by atoms with van der Waals surface area (Å²) in [6.07, 6.45) is 2.47. The number of nitrogens with zero attached hydrogens (tertiary/aromatic N) is 3. The van der Waals surface area contributed by atoms with Gasteiger partial charge in [-0.05, 0) is 32.3 Å². The molecule has 0 spiro atoms. The Labute approximate surface area is 106 Å². The van der Waals surface area contributed by atoms with Crippen LogP contribution in [0.2, 0.25) is 0 Å². The second-order valence-corrected chi connectivity index (χ2v) is 4.84. The van der Waals surface area contributed by atoms with Crippen LogP contribution in [0.3, 0.4) is 0 Å². The quantitative estimate of drug-likeness (QED) is 0.474. The van der Waals surface area contributed by atoms with Gasteiger partial charge in [-0.2, -0.15) is 5.10 Å². The summed E-state index contributed by atoms with van der Waals surface area (Å²) in [6.45, 7) is 8.64. The molecule has 2 rings (SSSR count). The summed E-state index contributed by atoms with van der Waals surface area (Å²) in [4.78, 5) is 10.5. The Balaban J connectivity index is 2.01. The van der Waals surface area contributed by atoms with Crippen LogP contribution in [0.5, 0.6) is 0 Å². The van der Waals surface area contributed by atoms with E-state index in [9.17, 15) is 10.1 Å². The van der Waals surface area contributed by atoms with Crippen molar-refractivity contribution in [2.45, 2.75) is 39.3 Å². The molecule has 1 heterocycles. The highest BCUT2D eigenvalue weighted by Crippen LogP contribution is 2.22. The van der Waals surface area contributed by atoms with Crippen LogP contribution in [0.15, 0.2) is 12.2 Å². The summed E-state index contributed by atoms with van der Waals surface area (Å²) in [7, 11) is 0. The highest BCUT2D eigenvalue weighted by atomic mass is 16.6. The van der Waals surface area contributed by atoms with E-state index in [4.69, 9.17) is 0 Å². The van der Waals surface area contributed by atoms with Gasteiger partial charge in [-0.3, -0.25) is 14.8 Å². The zero-order chi connectivity index (χ0) is 13.3. The SMILES string of the molecule is C=C(CNC1CC1)Cn1nc(C)c([N+](=O)[O-])c1C. The van der Waals surface area contributed by atoms with Crippen LogP contribution < -0.4 is 5.32 Å². The van der Waals surface area contributed by atoms with Crippen molar-refractivity contribution >= 4 is 5.69 Å². The van der Waals surface area contributed by atoms with Gasteiger partial charge in [0.2, 0.25) is 0 Å². The predicted octanol–water partition coefficient (Wildman–Crippen LogP) is 1.72. The Morgan fingerprint density at radius 1 is 1.61 bits per heavy atom. The molecule has 0 aliphatic heterocycles. The molecule has 1 aromatic heterocycles. The molecular weight excluding hydrogens is 232 g/mol. The van der Waals surface area contributed by atoms with Crippen molar-refractivity contribution in [1.29, 1.82) is 0 Å². The van der Waals surface area contributed by atoms with Crippen molar-refractivity contribution in [3.63, 3.8) is 0 Å².